The lowest BCUT2D eigenvalue weighted by Crippen LogP contribution is -2.54. The third-order valence-electron chi connectivity index (χ3n) is 6.55. The largest absolute Gasteiger partial charge is 0.352 e. The Labute approximate surface area is 179 Å². The Morgan fingerprint density at radius 2 is 1.68 bits per heavy atom. The molecular formula is C22H26N4O5. The number of nitrogens with zero attached hydrogens (tertiary/aromatic N) is 1. The Kier molecular flexibility index (Phi) is 5.86. The fourth-order valence-electron chi connectivity index (χ4n) is 4.62. The fraction of sp³-hybridized carbons (Fsp3) is 0.500. The number of carbonyl (C=O) groups is 5. The van der Waals surface area contributed by atoms with Crippen molar-refractivity contribution >= 4 is 29.5 Å². The molecule has 9 nitrogen and oxygen atoms in total. The van der Waals surface area contributed by atoms with Crippen LogP contribution in [0.5, 0.6) is 0 Å². The maximum Gasteiger partial charge on any atom is 0.262 e. The van der Waals surface area contributed by atoms with E-state index in [0.717, 1.165) is 30.6 Å². The van der Waals surface area contributed by atoms with Crippen LogP contribution in [0.3, 0.4) is 0 Å². The van der Waals surface area contributed by atoms with Crippen LogP contribution in [0.1, 0.15) is 69.6 Å². The zero-order valence-electron chi connectivity index (χ0n) is 17.2. The maximum absolute atomic E-state index is 12.9. The summed E-state index contributed by atoms with van der Waals surface area (Å²) in [6.07, 6.45) is 4.35. The number of amides is 5. The van der Waals surface area contributed by atoms with Crippen molar-refractivity contribution in [3.8, 4) is 0 Å². The van der Waals surface area contributed by atoms with Crippen LogP contribution in [-0.2, 0) is 9.59 Å². The summed E-state index contributed by atoms with van der Waals surface area (Å²) in [5.74, 6) is -1.61. The molecule has 0 spiro atoms. The summed E-state index contributed by atoms with van der Waals surface area (Å²) in [7, 11) is 0. The van der Waals surface area contributed by atoms with Crippen molar-refractivity contribution < 1.29 is 24.0 Å². The molecule has 1 aliphatic carbocycles. The molecule has 2 fully saturated rings. The van der Waals surface area contributed by atoms with Gasteiger partial charge in [-0.2, -0.15) is 0 Å². The standard InChI is InChI=1S/C22H26N4O5/c23-10-12-1-3-13(4-2-12)11-24-19(28)14-5-6-15-16(9-14)22(31)26(21(15)30)17-7-8-18(27)25-20(17)29/h5-6,9,12-13,17H,1-4,7-8,10-11,23H2,(H,24,28)(H,25,27,29). The molecule has 2 aliphatic heterocycles. The minimum Gasteiger partial charge on any atom is -0.352 e. The Hall–Kier alpha value is -3.07. The van der Waals surface area contributed by atoms with Gasteiger partial charge in [0.15, 0.2) is 0 Å². The van der Waals surface area contributed by atoms with Crippen LogP contribution in [0.25, 0.3) is 0 Å². The summed E-state index contributed by atoms with van der Waals surface area (Å²) in [5, 5.41) is 5.09. The van der Waals surface area contributed by atoms with Gasteiger partial charge in [0.05, 0.1) is 11.1 Å². The van der Waals surface area contributed by atoms with Gasteiger partial charge in [0, 0.05) is 18.5 Å². The SMILES string of the molecule is NCC1CCC(CNC(=O)c2ccc3c(c2)C(=O)N(C2CCC(=O)NC2=O)C3=O)CC1. The number of rotatable bonds is 5. The lowest BCUT2D eigenvalue weighted by molar-refractivity contribution is -0.136. The van der Waals surface area contributed by atoms with Gasteiger partial charge in [0.1, 0.15) is 6.04 Å². The molecule has 9 heteroatoms. The smallest absolute Gasteiger partial charge is 0.262 e. The quantitative estimate of drug-likeness (QED) is 0.589. The number of fused-ring (bicyclic) bond motifs is 1. The normalized spacial score (nSPS) is 26.0. The van der Waals surface area contributed by atoms with Crippen molar-refractivity contribution in [1.82, 2.24) is 15.5 Å². The van der Waals surface area contributed by atoms with Crippen LogP contribution >= 0.6 is 0 Å². The van der Waals surface area contributed by atoms with Crippen LogP contribution < -0.4 is 16.4 Å². The number of hydrogen-bond acceptors (Lipinski definition) is 6. The number of carbonyl (C=O) groups excluding carboxylic acids is 5. The van der Waals surface area contributed by atoms with Gasteiger partial charge in [-0.1, -0.05) is 0 Å². The van der Waals surface area contributed by atoms with E-state index >= 15 is 0 Å². The average molecular weight is 426 g/mol. The third kappa shape index (κ3) is 4.10. The van der Waals surface area contributed by atoms with Crippen LogP contribution in [0.2, 0.25) is 0 Å². The molecule has 4 rings (SSSR count). The second-order valence-electron chi connectivity index (χ2n) is 8.54. The molecule has 0 bridgehead atoms. The van der Waals surface area contributed by atoms with Crippen molar-refractivity contribution in [2.75, 3.05) is 13.1 Å². The second-order valence-corrected chi connectivity index (χ2v) is 8.54. The van der Waals surface area contributed by atoms with E-state index in [0.29, 0.717) is 30.5 Å². The Bertz CT molecular complexity index is 951. The van der Waals surface area contributed by atoms with Gasteiger partial charge >= 0.3 is 0 Å². The van der Waals surface area contributed by atoms with Crippen molar-refractivity contribution in [2.45, 2.75) is 44.6 Å². The predicted molar refractivity (Wildman–Crippen MR) is 110 cm³/mol. The second kappa shape index (κ2) is 8.58. The topological polar surface area (TPSA) is 139 Å². The zero-order chi connectivity index (χ0) is 22.1. The molecular weight excluding hydrogens is 400 g/mol. The van der Waals surface area contributed by atoms with Gasteiger partial charge in [-0.15, -0.1) is 0 Å². The Balaban J connectivity index is 1.43. The highest BCUT2D eigenvalue weighted by Gasteiger charge is 2.44. The van der Waals surface area contributed by atoms with Crippen LogP contribution in [-0.4, -0.2) is 53.6 Å². The summed E-state index contributed by atoms with van der Waals surface area (Å²) < 4.78 is 0. The molecule has 1 atom stereocenters. The monoisotopic (exact) mass is 426 g/mol. The minimum atomic E-state index is -1.02. The molecule has 1 unspecified atom stereocenters. The first-order valence-corrected chi connectivity index (χ1v) is 10.7. The van der Waals surface area contributed by atoms with Crippen molar-refractivity contribution in [3.05, 3.63) is 34.9 Å². The van der Waals surface area contributed by atoms with E-state index < -0.39 is 29.7 Å². The van der Waals surface area contributed by atoms with E-state index in [4.69, 9.17) is 5.73 Å². The van der Waals surface area contributed by atoms with E-state index in [1.165, 1.54) is 18.2 Å². The highest BCUT2D eigenvalue weighted by Crippen LogP contribution is 2.29. The first-order chi connectivity index (χ1) is 14.9. The number of piperidine rings is 1. The van der Waals surface area contributed by atoms with Gasteiger partial charge in [-0.3, -0.25) is 34.2 Å². The maximum atomic E-state index is 12.9. The van der Waals surface area contributed by atoms with Crippen LogP contribution in [0.4, 0.5) is 0 Å². The molecule has 2 heterocycles. The average Bonchev–Trinajstić information content (AvgIpc) is 3.02. The van der Waals surface area contributed by atoms with Gasteiger partial charge in [0.25, 0.3) is 17.7 Å². The number of imide groups is 2. The number of nitrogens with one attached hydrogen (secondary N) is 2. The van der Waals surface area contributed by atoms with Crippen LogP contribution in [0, 0.1) is 11.8 Å². The van der Waals surface area contributed by atoms with Crippen molar-refractivity contribution in [3.63, 3.8) is 0 Å². The van der Waals surface area contributed by atoms with Crippen molar-refractivity contribution in [2.24, 2.45) is 17.6 Å². The molecule has 5 amide bonds. The molecule has 1 aromatic carbocycles. The Morgan fingerprint density at radius 3 is 2.35 bits per heavy atom. The summed E-state index contributed by atoms with van der Waals surface area (Å²) in [6, 6.07) is 3.34. The minimum absolute atomic E-state index is 0.0602. The summed E-state index contributed by atoms with van der Waals surface area (Å²) in [4.78, 5) is 62.6. The first-order valence-electron chi connectivity index (χ1n) is 10.7. The summed E-state index contributed by atoms with van der Waals surface area (Å²) in [5.41, 5.74) is 6.28. The van der Waals surface area contributed by atoms with E-state index in [1.807, 2.05) is 0 Å². The molecule has 0 aromatic heterocycles. The molecule has 31 heavy (non-hydrogen) atoms. The fourth-order valence-corrected chi connectivity index (χ4v) is 4.62. The van der Waals surface area contributed by atoms with E-state index in [9.17, 15) is 24.0 Å². The predicted octanol–water partition coefficient (Wildman–Crippen LogP) is 0.583. The summed E-state index contributed by atoms with van der Waals surface area (Å²) >= 11 is 0. The number of hydrogen-bond donors (Lipinski definition) is 3. The Morgan fingerprint density at radius 1 is 1.00 bits per heavy atom. The number of nitrogens with two attached hydrogens (primary N) is 1. The highest BCUT2D eigenvalue weighted by atomic mass is 16.2. The molecule has 3 aliphatic rings. The molecule has 1 aromatic rings. The van der Waals surface area contributed by atoms with E-state index in [-0.39, 0.29) is 29.9 Å². The highest BCUT2D eigenvalue weighted by molar-refractivity contribution is 6.24. The number of benzene rings is 1. The molecule has 0 radical (unpaired) electrons. The lowest BCUT2D eigenvalue weighted by Gasteiger charge is -2.27. The first kappa shape index (κ1) is 21.2. The molecule has 4 N–H and O–H groups in total. The van der Waals surface area contributed by atoms with Gasteiger partial charge in [0.2, 0.25) is 11.8 Å². The third-order valence-corrected chi connectivity index (χ3v) is 6.55. The van der Waals surface area contributed by atoms with Crippen molar-refractivity contribution in [1.29, 1.82) is 0 Å². The summed E-state index contributed by atoms with van der Waals surface area (Å²) in [6.45, 7) is 1.26. The van der Waals surface area contributed by atoms with Gasteiger partial charge < -0.3 is 11.1 Å². The van der Waals surface area contributed by atoms with Gasteiger partial charge in [-0.25, -0.2) is 0 Å². The zero-order valence-corrected chi connectivity index (χ0v) is 17.2. The van der Waals surface area contributed by atoms with E-state index in [2.05, 4.69) is 10.6 Å². The molecule has 1 saturated heterocycles. The van der Waals surface area contributed by atoms with Crippen LogP contribution in [0.15, 0.2) is 18.2 Å². The van der Waals surface area contributed by atoms with E-state index in [1.54, 1.807) is 0 Å². The lowest BCUT2D eigenvalue weighted by atomic mass is 9.82. The molecule has 1 saturated carbocycles. The molecule has 164 valence electrons. The van der Waals surface area contributed by atoms with Gasteiger partial charge in [-0.05, 0) is 68.7 Å².